The van der Waals surface area contributed by atoms with Crippen LogP contribution in [0.15, 0.2) is 0 Å². The number of rotatable bonds is 34. The van der Waals surface area contributed by atoms with Crippen molar-refractivity contribution in [2.75, 3.05) is 46.2 Å². The second kappa shape index (κ2) is 32.7. The van der Waals surface area contributed by atoms with E-state index in [1.54, 1.807) is 13.8 Å². The van der Waals surface area contributed by atoms with Gasteiger partial charge in [0.15, 0.2) is 0 Å². The van der Waals surface area contributed by atoms with Crippen molar-refractivity contribution in [2.24, 2.45) is 5.41 Å². The van der Waals surface area contributed by atoms with E-state index in [-0.39, 0.29) is 62.1 Å². The Morgan fingerprint density at radius 3 is 0.961 bits per heavy atom. The highest BCUT2D eigenvalue weighted by molar-refractivity contribution is 5.76. The van der Waals surface area contributed by atoms with Gasteiger partial charge in [-0.3, -0.25) is 28.8 Å². The van der Waals surface area contributed by atoms with Crippen molar-refractivity contribution in [1.82, 2.24) is 0 Å². The monoisotopic (exact) mass is 730 g/mol. The zero-order valence-electron chi connectivity index (χ0n) is 31.6. The Kier molecular flexibility index (Phi) is 30.6. The standard InChI is InChI=1S/C38H66O13/c1-4-38(2,3)37(45)51-31-30-50-36(44)24-14-9-19-29-49-35(43)23-13-8-18-28-48-34(42)22-12-7-17-27-47-33(41)21-11-6-16-26-46-32(40)20-10-5-15-25-39/h39H,4-31H2,1-3H3. The van der Waals surface area contributed by atoms with E-state index in [4.69, 9.17) is 33.5 Å². The van der Waals surface area contributed by atoms with E-state index in [2.05, 4.69) is 0 Å². The molecule has 0 amide bonds. The fourth-order valence-electron chi connectivity index (χ4n) is 4.49. The fraction of sp³-hybridized carbons (Fsp3) is 0.842. The topological polar surface area (TPSA) is 178 Å². The van der Waals surface area contributed by atoms with Crippen molar-refractivity contribution >= 4 is 35.8 Å². The van der Waals surface area contributed by atoms with Crippen LogP contribution >= 0.6 is 0 Å². The van der Waals surface area contributed by atoms with Crippen LogP contribution in [-0.2, 0) is 57.2 Å². The molecule has 0 unspecified atom stereocenters. The molecule has 0 fully saturated rings. The predicted octanol–water partition coefficient (Wildman–Crippen LogP) is 6.48. The minimum Gasteiger partial charge on any atom is -0.466 e. The highest BCUT2D eigenvalue weighted by Gasteiger charge is 2.26. The zero-order chi connectivity index (χ0) is 38.0. The lowest BCUT2D eigenvalue weighted by molar-refractivity contribution is -0.159. The molecule has 0 aromatic heterocycles. The van der Waals surface area contributed by atoms with E-state index in [0.717, 1.165) is 38.5 Å². The minimum atomic E-state index is -0.552. The van der Waals surface area contributed by atoms with Gasteiger partial charge in [-0.2, -0.15) is 0 Å². The first-order chi connectivity index (χ1) is 24.5. The summed E-state index contributed by atoms with van der Waals surface area (Å²) in [5.41, 5.74) is -0.552. The number of carbonyl (C=O) groups is 6. The Morgan fingerprint density at radius 2 is 0.667 bits per heavy atom. The molecule has 0 aromatic rings. The Labute approximate surface area is 305 Å². The largest absolute Gasteiger partial charge is 0.466 e. The van der Waals surface area contributed by atoms with Gasteiger partial charge in [-0.1, -0.05) is 13.3 Å². The fourth-order valence-corrected chi connectivity index (χ4v) is 4.49. The third-order valence-electron chi connectivity index (χ3n) is 8.21. The number of unbranched alkanes of at least 4 members (excludes halogenated alkanes) is 10. The minimum absolute atomic E-state index is 0.0360. The van der Waals surface area contributed by atoms with Crippen LogP contribution in [0.25, 0.3) is 0 Å². The number of aliphatic hydroxyl groups is 1. The first-order valence-corrected chi connectivity index (χ1v) is 19.1. The van der Waals surface area contributed by atoms with Crippen LogP contribution in [0.3, 0.4) is 0 Å². The summed E-state index contributed by atoms with van der Waals surface area (Å²) in [5.74, 6) is -1.65. The molecular formula is C38H66O13. The van der Waals surface area contributed by atoms with Crippen molar-refractivity contribution in [3.8, 4) is 0 Å². The van der Waals surface area contributed by atoms with Gasteiger partial charge in [0, 0.05) is 38.7 Å². The van der Waals surface area contributed by atoms with Gasteiger partial charge < -0.3 is 33.5 Å². The number of esters is 6. The lowest BCUT2D eigenvalue weighted by Gasteiger charge is -2.20. The van der Waals surface area contributed by atoms with Gasteiger partial charge in [-0.05, 0) is 110 Å². The summed E-state index contributed by atoms with van der Waals surface area (Å²) in [6.07, 6.45) is 12.7. The molecule has 296 valence electrons. The molecule has 0 heterocycles. The average Bonchev–Trinajstić information content (AvgIpc) is 3.10. The van der Waals surface area contributed by atoms with Gasteiger partial charge >= 0.3 is 35.8 Å². The molecule has 0 rings (SSSR count). The number of ether oxygens (including phenoxy) is 6. The molecule has 0 aromatic carbocycles. The lowest BCUT2D eigenvalue weighted by Crippen LogP contribution is -2.27. The van der Waals surface area contributed by atoms with E-state index in [9.17, 15) is 28.8 Å². The van der Waals surface area contributed by atoms with Crippen molar-refractivity contribution in [3.05, 3.63) is 0 Å². The van der Waals surface area contributed by atoms with Gasteiger partial charge in [0.05, 0.1) is 31.8 Å². The normalized spacial score (nSPS) is 11.1. The van der Waals surface area contributed by atoms with Crippen LogP contribution in [0.2, 0.25) is 0 Å². The van der Waals surface area contributed by atoms with Crippen LogP contribution in [-0.4, -0.2) is 87.2 Å². The van der Waals surface area contributed by atoms with Crippen LogP contribution in [0, 0.1) is 5.41 Å². The highest BCUT2D eigenvalue weighted by Crippen LogP contribution is 2.21. The molecule has 0 atom stereocenters. The molecule has 0 spiro atoms. The van der Waals surface area contributed by atoms with Gasteiger partial charge in [0.1, 0.15) is 13.2 Å². The predicted molar refractivity (Wildman–Crippen MR) is 189 cm³/mol. The van der Waals surface area contributed by atoms with Gasteiger partial charge in [0.25, 0.3) is 0 Å². The first kappa shape index (κ1) is 47.8. The second-order valence-electron chi connectivity index (χ2n) is 13.3. The van der Waals surface area contributed by atoms with E-state index in [1.165, 1.54) is 0 Å². The molecule has 0 aliphatic carbocycles. The third-order valence-corrected chi connectivity index (χ3v) is 8.21. The summed E-state index contributed by atoms with van der Waals surface area (Å²) in [6, 6.07) is 0. The van der Waals surface area contributed by atoms with E-state index in [0.29, 0.717) is 116 Å². The molecule has 1 N–H and O–H groups in total. The molecule has 51 heavy (non-hydrogen) atoms. The maximum Gasteiger partial charge on any atom is 0.311 e. The van der Waals surface area contributed by atoms with Gasteiger partial charge in [-0.25, -0.2) is 0 Å². The van der Waals surface area contributed by atoms with Crippen LogP contribution in [0.1, 0.15) is 156 Å². The van der Waals surface area contributed by atoms with E-state index < -0.39 is 5.41 Å². The molecule has 13 nitrogen and oxygen atoms in total. The van der Waals surface area contributed by atoms with Crippen LogP contribution in [0.4, 0.5) is 0 Å². The van der Waals surface area contributed by atoms with Gasteiger partial charge in [0.2, 0.25) is 0 Å². The van der Waals surface area contributed by atoms with E-state index in [1.807, 2.05) is 6.92 Å². The number of carbonyl (C=O) groups excluding carboxylic acids is 6. The second-order valence-corrected chi connectivity index (χ2v) is 13.3. The van der Waals surface area contributed by atoms with Gasteiger partial charge in [-0.15, -0.1) is 0 Å². The molecule has 0 radical (unpaired) electrons. The number of aliphatic hydroxyl groups excluding tert-OH is 1. The third kappa shape index (κ3) is 31.3. The van der Waals surface area contributed by atoms with Crippen molar-refractivity contribution in [3.63, 3.8) is 0 Å². The summed E-state index contributed by atoms with van der Waals surface area (Å²) in [7, 11) is 0. The van der Waals surface area contributed by atoms with Crippen molar-refractivity contribution in [2.45, 2.75) is 156 Å². The molecule has 13 heteroatoms. The van der Waals surface area contributed by atoms with E-state index >= 15 is 0 Å². The number of hydrogen-bond acceptors (Lipinski definition) is 13. The molecule has 0 saturated heterocycles. The summed E-state index contributed by atoms with van der Waals surface area (Å²) in [6.45, 7) is 7.02. The molecule has 0 bridgehead atoms. The quantitative estimate of drug-likeness (QED) is 0.0433. The Bertz CT molecular complexity index is 963. The average molecular weight is 731 g/mol. The summed E-state index contributed by atoms with van der Waals surface area (Å²) in [5, 5.41) is 8.72. The first-order valence-electron chi connectivity index (χ1n) is 19.1. The SMILES string of the molecule is CCC(C)(C)C(=O)OCCOC(=O)CCCCCOC(=O)CCCCCOC(=O)CCCCCOC(=O)CCCCCOC(=O)CCCCCO. The Morgan fingerprint density at radius 1 is 0.392 bits per heavy atom. The molecule has 0 aliphatic rings. The summed E-state index contributed by atoms with van der Waals surface area (Å²) < 4.78 is 31.1. The molecular weight excluding hydrogens is 664 g/mol. The molecule has 0 saturated carbocycles. The maximum absolute atomic E-state index is 11.9. The zero-order valence-corrected chi connectivity index (χ0v) is 31.6. The highest BCUT2D eigenvalue weighted by atomic mass is 16.6. The Hall–Kier alpha value is -3.22. The van der Waals surface area contributed by atoms with Crippen molar-refractivity contribution in [1.29, 1.82) is 0 Å². The lowest BCUT2D eigenvalue weighted by atomic mass is 9.91. The molecule has 0 aliphatic heterocycles. The van der Waals surface area contributed by atoms with Crippen molar-refractivity contribution < 1.29 is 62.3 Å². The Balaban J connectivity index is 3.50. The summed E-state index contributed by atoms with van der Waals surface area (Å²) in [4.78, 5) is 70.9. The summed E-state index contributed by atoms with van der Waals surface area (Å²) >= 11 is 0. The van der Waals surface area contributed by atoms with Crippen LogP contribution < -0.4 is 0 Å². The van der Waals surface area contributed by atoms with Crippen LogP contribution in [0.5, 0.6) is 0 Å². The maximum atomic E-state index is 11.9. The smallest absolute Gasteiger partial charge is 0.311 e. The number of hydrogen-bond donors (Lipinski definition) is 1.